The normalized spacial score (nSPS) is 21.6. The van der Waals surface area contributed by atoms with Crippen molar-refractivity contribution in [1.29, 1.82) is 0 Å². The summed E-state index contributed by atoms with van der Waals surface area (Å²) >= 11 is 0. The van der Waals surface area contributed by atoms with Gasteiger partial charge in [-0.25, -0.2) is 8.42 Å². The Bertz CT molecular complexity index is 573. The molecule has 20 heavy (non-hydrogen) atoms. The summed E-state index contributed by atoms with van der Waals surface area (Å²) in [5.41, 5.74) is 8.35. The second-order valence-electron chi connectivity index (χ2n) is 5.77. The zero-order chi connectivity index (χ0) is 14.9. The fourth-order valence-electron chi connectivity index (χ4n) is 2.74. The van der Waals surface area contributed by atoms with Crippen molar-refractivity contribution in [1.82, 2.24) is 4.31 Å². The molecule has 0 spiro atoms. The summed E-state index contributed by atoms with van der Waals surface area (Å²) in [7, 11) is -3.44. The van der Waals surface area contributed by atoms with Crippen molar-refractivity contribution in [2.45, 2.75) is 57.4 Å². The molecule has 2 N–H and O–H groups in total. The second-order valence-corrected chi connectivity index (χ2v) is 7.66. The van der Waals surface area contributed by atoms with Crippen LogP contribution in [0.5, 0.6) is 0 Å². The topological polar surface area (TPSA) is 63.4 Å². The third-order valence-electron chi connectivity index (χ3n) is 4.28. The Hall–Kier alpha value is -1.07. The van der Waals surface area contributed by atoms with E-state index in [1.807, 2.05) is 20.8 Å². The van der Waals surface area contributed by atoms with Gasteiger partial charge in [-0.2, -0.15) is 4.31 Å². The standard InChI is InChI=1S/C15H24N2O2S/c1-11-9-14(10-15(16)13(11)3)20(18,19)17-8-6-4-5-7-12(17)2/h9-10,12H,4-8,16H2,1-3H3. The van der Waals surface area contributed by atoms with E-state index in [9.17, 15) is 8.42 Å². The molecule has 1 aliphatic heterocycles. The van der Waals surface area contributed by atoms with Gasteiger partial charge in [0.15, 0.2) is 0 Å². The van der Waals surface area contributed by atoms with Crippen LogP contribution in [0.25, 0.3) is 0 Å². The maximum absolute atomic E-state index is 12.8. The van der Waals surface area contributed by atoms with E-state index >= 15 is 0 Å². The first-order chi connectivity index (χ1) is 9.34. The first-order valence-corrected chi connectivity index (χ1v) is 8.66. The molecule has 1 atom stereocenters. The summed E-state index contributed by atoms with van der Waals surface area (Å²) in [6.07, 6.45) is 4.07. The molecule has 1 aromatic carbocycles. The van der Waals surface area contributed by atoms with Crippen LogP contribution in [0.2, 0.25) is 0 Å². The van der Waals surface area contributed by atoms with Gasteiger partial charge in [-0.15, -0.1) is 0 Å². The average Bonchev–Trinajstić information content (AvgIpc) is 2.60. The molecule has 5 heteroatoms. The summed E-state index contributed by atoms with van der Waals surface area (Å²) in [5.74, 6) is 0. The van der Waals surface area contributed by atoms with Crippen LogP contribution in [0, 0.1) is 13.8 Å². The molecule has 1 unspecified atom stereocenters. The minimum Gasteiger partial charge on any atom is -0.398 e. The van der Waals surface area contributed by atoms with Gasteiger partial charge in [0.1, 0.15) is 0 Å². The number of rotatable bonds is 2. The zero-order valence-electron chi connectivity index (χ0n) is 12.5. The number of nitrogens with two attached hydrogens (primary N) is 1. The minimum atomic E-state index is -3.44. The van der Waals surface area contributed by atoms with E-state index in [4.69, 9.17) is 5.73 Å². The maximum atomic E-state index is 12.8. The molecule has 0 aromatic heterocycles. The van der Waals surface area contributed by atoms with Crippen molar-refractivity contribution < 1.29 is 8.42 Å². The number of sulfonamides is 1. The first-order valence-electron chi connectivity index (χ1n) is 7.22. The van der Waals surface area contributed by atoms with Gasteiger partial charge in [0.05, 0.1) is 4.90 Å². The largest absolute Gasteiger partial charge is 0.398 e. The Labute approximate surface area is 122 Å². The Morgan fingerprint density at radius 1 is 1.20 bits per heavy atom. The van der Waals surface area contributed by atoms with E-state index in [2.05, 4.69) is 0 Å². The van der Waals surface area contributed by atoms with E-state index in [0.717, 1.165) is 36.8 Å². The van der Waals surface area contributed by atoms with Crippen LogP contribution in [0.15, 0.2) is 17.0 Å². The summed E-state index contributed by atoms with van der Waals surface area (Å²) in [5, 5.41) is 0. The van der Waals surface area contributed by atoms with Crippen LogP contribution < -0.4 is 5.73 Å². The maximum Gasteiger partial charge on any atom is 0.243 e. The molecule has 0 amide bonds. The Morgan fingerprint density at radius 3 is 2.55 bits per heavy atom. The van der Waals surface area contributed by atoms with Gasteiger partial charge >= 0.3 is 0 Å². The Morgan fingerprint density at radius 2 is 1.90 bits per heavy atom. The number of hydrogen-bond donors (Lipinski definition) is 1. The monoisotopic (exact) mass is 296 g/mol. The van der Waals surface area contributed by atoms with Crippen molar-refractivity contribution in [2.75, 3.05) is 12.3 Å². The molecule has 1 fully saturated rings. The van der Waals surface area contributed by atoms with Crippen LogP contribution in [-0.4, -0.2) is 25.3 Å². The average molecular weight is 296 g/mol. The van der Waals surface area contributed by atoms with Gasteiger partial charge in [0.2, 0.25) is 10.0 Å². The predicted molar refractivity (Wildman–Crippen MR) is 82.2 cm³/mol. The summed E-state index contributed by atoms with van der Waals surface area (Å²) in [6.45, 7) is 6.41. The Kier molecular flexibility index (Phi) is 4.39. The smallest absolute Gasteiger partial charge is 0.243 e. The molecule has 1 saturated heterocycles. The molecule has 1 heterocycles. The van der Waals surface area contributed by atoms with E-state index in [-0.39, 0.29) is 6.04 Å². The molecule has 0 saturated carbocycles. The molecular weight excluding hydrogens is 272 g/mol. The SMILES string of the molecule is Cc1cc(S(=O)(=O)N2CCCCCC2C)cc(N)c1C. The molecule has 4 nitrogen and oxygen atoms in total. The highest BCUT2D eigenvalue weighted by atomic mass is 32.2. The van der Waals surface area contributed by atoms with Crippen molar-refractivity contribution in [2.24, 2.45) is 0 Å². The van der Waals surface area contributed by atoms with Crippen molar-refractivity contribution >= 4 is 15.7 Å². The molecular formula is C15H24N2O2S. The van der Waals surface area contributed by atoms with E-state index in [1.165, 1.54) is 0 Å². The molecule has 112 valence electrons. The van der Waals surface area contributed by atoms with Gasteiger partial charge in [0, 0.05) is 18.3 Å². The minimum absolute atomic E-state index is 0.0605. The summed E-state index contributed by atoms with van der Waals surface area (Å²) in [4.78, 5) is 0.326. The van der Waals surface area contributed by atoms with Crippen LogP contribution >= 0.6 is 0 Å². The zero-order valence-corrected chi connectivity index (χ0v) is 13.3. The lowest BCUT2D eigenvalue weighted by Gasteiger charge is -2.26. The van der Waals surface area contributed by atoms with E-state index in [1.54, 1.807) is 16.4 Å². The molecule has 0 bridgehead atoms. The fourth-order valence-corrected chi connectivity index (χ4v) is 4.56. The van der Waals surface area contributed by atoms with E-state index in [0.29, 0.717) is 17.1 Å². The van der Waals surface area contributed by atoms with Crippen molar-refractivity contribution in [3.63, 3.8) is 0 Å². The third kappa shape index (κ3) is 2.83. The van der Waals surface area contributed by atoms with Crippen molar-refractivity contribution in [3.8, 4) is 0 Å². The highest BCUT2D eigenvalue weighted by Crippen LogP contribution is 2.28. The third-order valence-corrected chi connectivity index (χ3v) is 6.27. The van der Waals surface area contributed by atoms with Crippen LogP contribution in [-0.2, 0) is 10.0 Å². The number of benzene rings is 1. The van der Waals surface area contributed by atoms with Gasteiger partial charge in [-0.1, -0.05) is 12.8 Å². The molecule has 1 aromatic rings. The highest BCUT2D eigenvalue weighted by molar-refractivity contribution is 7.89. The van der Waals surface area contributed by atoms with Gasteiger partial charge in [-0.3, -0.25) is 0 Å². The highest BCUT2D eigenvalue weighted by Gasteiger charge is 2.30. The first kappa shape index (κ1) is 15.3. The lowest BCUT2D eigenvalue weighted by Crippen LogP contribution is -2.38. The van der Waals surface area contributed by atoms with Crippen LogP contribution in [0.1, 0.15) is 43.7 Å². The number of aryl methyl sites for hydroxylation is 1. The molecule has 0 radical (unpaired) electrons. The predicted octanol–water partition coefficient (Wildman–Crippen LogP) is 2.84. The number of nitrogen functional groups attached to an aromatic ring is 1. The molecule has 0 aliphatic carbocycles. The van der Waals surface area contributed by atoms with Gasteiger partial charge in [0.25, 0.3) is 0 Å². The second kappa shape index (κ2) is 5.74. The molecule has 2 rings (SSSR count). The fraction of sp³-hybridized carbons (Fsp3) is 0.600. The van der Waals surface area contributed by atoms with Crippen LogP contribution in [0.4, 0.5) is 5.69 Å². The van der Waals surface area contributed by atoms with E-state index < -0.39 is 10.0 Å². The van der Waals surface area contributed by atoms with Crippen LogP contribution in [0.3, 0.4) is 0 Å². The number of hydrogen-bond acceptors (Lipinski definition) is 3. The quantitative estimate of drug-likeness (QED) is 0.854. The lowest BCUT2D eigenvalue weighted by atomic mass is 10.1. The molecule has 1 aliphatic rings. The number of nitrogens with zero attached hydrogens (tertiary/aromatic N) is 1. The van der Waals surface area contributed by atoms with Gasteiger partial charge in [-0.05, 0) is 56.9 Å². The number of anilines is 1. The summed E-state index contributed by atoms with van der Waals surface area (Å²) in [6, 6.07) is 3.39. The van der Waals surface area contributed by atoms with Gasteiger partial charge < -0.3 is 5.73 Å². The van der Waals surface area contributed by atoms with Crippen molar-refractivity contribution in [3.05, 3.63) is 23.3 Å². The Balaban J connectivity index is 2.43. The summed E-state index contributed by atoms with van der Waals surface area (Å²) < 4.78 is 27.3. The lowest BCUT2D eigenvalue weighted by molar-refractivity contribution is 0.342.